The second-order valence-electron chi connectivity index (χ2n) is 9.87. The first-order valence-corrected chi connectivity index (χ1v) is 12.6. The topological polar surface area (TPSA) is 96.3 Å². The van der Waals surface area contributed by atoms with E-state index in [4.69, 9.17) is 0 Å². The molecule has 33 heavy (non-hydrogen) atoms. The highest BCUT2D eigenvalue weighted by Gasteiger charge is 2.48. The van der Waals surface area contributed by atoms with Crippen LogP contribution in [0.15, 0.2) is 17.7 Å². The Balaban J connectivity index is 1.47. The number of rotatable bonds is 8. The van der Waals surface area contributed by atoms with E-state index < -0.39 is 5.54 Å². The molecule has 2 N–H and O–H groups in total. The number of carbonyl (C=O) groups excluding carboxylic acids is 3. The lowest BCUT2D eigenvalue weighted by atomic mass is 9.94. The third kappa shape index (κ3) is 4.99. The van der Waals surface area contributed by atoms with E-state index in [1.54, 1.807) is 15.6 Å². The summed E-state index contributed by atoms with van der Waals surface area (Å²) in [5.41, 5.74) is 0.971. The molecular formula is C25H37N5O3. The molecule has 8 nitrogen and oxygen atoms in total. The summed E-state index contributed by atoms with van der Waals surface area (Å²) < 4.78 is 1.54. The zero-order valence-electron chi connectivity index (χ0n) is 20.0. The van der Waals surface area contributed by atoms with E-state index in [0.717, 1.165) is 51.4 Å². The fraction of sp³-hybridized carbons (Fsp3) is 0.680. The van der Waals surface area contributed by atoms with Gasteiger partial charge in [0.05, 0.1) is 6.54 Å². The number of amides is 3. The summed E-state index contributed by atoms with van der Waals surface area (Å²) in [6.07, 6.45) is 12.8. The Kier molecular flexibility index (Phi) is 7.20. The Morgan fingerprint density at radius 1 is 1.21 bits per heavy atom. The van der Waals surface area contributed by atoms with Crippen LogP contribution in [-0.2, 0) is 11.3 Å². The summed E-state index contributed by atoms with van der Waals surface area (Å²) in [6, 6.07) is 1.74. The summed E-state index contributed by atoms with van der Waals surface area (Å²) in [7, 11) is 0. The Bertz CT molecular complexity index is 930. The average Bonchev–Trinajstić information content (AvgIpc) is 3.47. The Labute approximate surface area is 196 Å². The molecular weight excluding hydrogens is 418 g/mol. The van der Waals surface area contributed by atoms with Crippen LogP contribution in [0.2, 0.25) is 0 Å². The summed E-state index contributed by atoms with van der Waals surface area (Å²) in [4.78, 5) is 41.1. The summed E-state index contributed by atoms with van der Waals surface area (Å²) in [5.74, 6) is -0.657. The van der Waals surface area contributed by atoms with Crippen molar-refractivity contribution in [1.82, 2.24) is 25.3 Å². The molecule has 3 aliphatic rings. The number of carbonyl (C=O) groups is 3. The number of hydrogen-bond donors (Lipinski definition) is 2. The van der Waals surface area contributed by atoms with Gasteiger partial charge in [-0.25, -0.2) is 0 Å². The van der Waals surface area contributed by atoms with Crippen LogP contribution in [0, 0.1) is 0 Å². The van der Waals surface area contributed by atoms with Gasteiger partial charge < -0.3 is 15.5 Å². The van der Waals surface area contributed by atoms with Crippen LogP contribution in [0.25, 0.3) is 0 Å². The number of nitrogens with zero attached hydrogens (tertiary/aromatic N) is 3. The normalized spacial score (nSPS) is 23.3. The second kappa shape index (κ2) is 10.1. The number of fused-ring (bicyclic) bond motifs is 1. The van der Waals surface area contributed by atoms with Gasteiger partial charge in [0.15, 0.2) is 5.69 Å². The molecule has 1 aliphatic heterocycles. The first-order valence-electron chi connectivity index (χ1n) is 12.6. The SMILES string of the molecule is CCCN1C(=O)c2cc(C(=O)NCCC3=CCCCC3)nn2C[C@]1(C)C(=O)NC1CCCC1. The lowest BCUT2D eigenvalue weighted by Gasteiger charge is -2.43. The van der Waals surface area contributed by atoms with Gasteiger partial charge in [-0.05, 0) is 58.3 Å². The smallest absolute Gasteiger partial charge is 0.273 e. The molecule has 0 spiro atoms. The van der Waals surface area contributed by atoms with Crippen LogP contribution in [0.4, 0.5) is 0 Å². The molecule has 1 aromatic heterocycles. The van der Waals surface area contributed by atoms with Crippen molar-refractivity contribution < 1.29 is 14.4 Å². The van der Waals surface area contributed by atoms with Crippen molar-refractivity contribution in [3.8, 4) is 0 Å². The number of nitrogens with one attached hydrogen (secondary N) is 2. The first kappa shape index (κ1) is 23.5. The largest absolute Gasteiger partial charge is 0.351 e. The third-order valence-electron chi connectivity index (χ3n) is 7.27. The van der Waals surface area contributed by atoms with Gasteiger partial charge in [-0.15, -0.1) is 0 Å². The van der Waals surface area contributed by atoms with Crippen LogP contribution in [0.5, 0.6) is 0 Å². The van der Waals surface area contributed by atoms with E-state index in [0.29, 0.717) is 18.8 Å². The van der Waals surface area contributed by atoms with Crippen molar-refractivity contribution >= 4 is 17.7 Å². The molecule has 1 aromatic rings. The number of aromatic nitrogens is 2. The maximum atomic E-state index is 13.4. The van der Waals surface area contributed by atoms with Gasteiger partial charge in [0.1, 0.15) is 11.2 Å². The summed E-state index contributed by atoms with van der Waals surface area (Å²) >= 11 is 0. The van der Waals surface area contributed by atoms with Crippen LogP contribution < -0.4 is 10.6 Å². The minimum absolute atomic E-state index is 0.135. The van der Waals surface area contributed by atoms with E-state index in [2.05, 4.69) is 21.8 Å². The third-order valence-corrected chi connectivity index (χ3v) is 7.27. The molecule has 1 atom stereocenters. The van der Waals surface area contributed by atoms with Gasteiger partial charge in [-0.1, -0.05) is 31.4 Å². The van der Waals surface area contributed by atoms with Crippen molar-refractivity contribution in [2.45, 2.75) is 96.2 Å². The lowest BCUT2D eigenvalue weighted by Crippen LogP contribution is -2.65. The highest BCUT2D eigenvalue weighted by Crippen LogP contribution is 2.29. The minimum Gasteiger partial charge on any atom is -0.351 e. The Morgan fingerprint density at radius 2 is 2.00 bits per heavy atom. The predicted molar refractivity (Wildman–Crippen MR) is 126 cm³/mol. The van der Waals surface area contributed by atoms with E-state index >= 15 is 0 Å². The van der Waals surface area contributed by atoms with E-state index in [-0.39, 0.29) is 36.0 Å². The molecule has 2 aliphatic carbocycles. The van der Waals surface area contributed by atoms with Crippen LogP contribution in [0.1, 0.15) is 99.0 Å². The van der Waals surface area contributed by atoms with Gasteiger partial charge in [0, 0.05) is 25.2 Å². The Hall–Kier alpha value is -2.64. The van der Waals surface area contributed by atoms with Gasteiger partial charge in [0.25, 0.3) is 11.8 Å². The van der Waals surface area contributed by atoms with Gasteiger partial charge in [0.2, 0.25) is 5.91 Å². The average molecular weight is 456 g/mol. The van der Waals surface area contributed by atoms with Crippen molar-refractivity contribution in [1.29, 1.82) is 0 Å². The van der Waals surface area contributed by atoms with Crippen molar-refractivity contribution in [3.05, 3.63) is 29.1 Å². The zero-order chi connectivity index (χ0) is 23.4. The quantitative estimate of drug-likeness (QED) is 0.589. The monoisotopic (exact) mass is 455 g/mol. The lowest BCUT2D eigenvalue weighted by molar-refractivity contribution is -0.133. The Morgan fingerprint density at radius 3 is 2.70 bits per heavy atom. The van der Waals surface area contributed by atoms with Gasteiger partial charge in [-0.3, -0.25) is 19.1 Å². The molecule has 0 unspecified atom stereocenters. The van der Waals surface area contributed by atoms with Gasteiger partial charge >= 0.3 is 0 Å². The molecule has 3 amide bonds. The molecule has 4 rings (SSSR count). The minimum atomic E-state index is -1.03. The molecule has 1 saturated carbocycles. The van der Waals surface area contributed by atoms with E-state index in [1.807, 2.05) is 13.8 Å². The molecule has 180 valence electrons. The molecule has 2 heterocycles. The maximum absolute atomic E-state index is 13.4. The molecule has 1 fully saturated rings. The molecule has 0 bridgehead atoms. The van der Waals surface area contributed by atoms with Crippen LogP contribution in [-0.4, -0.2) is 57.1 Å². The molecule has 0 saturated heterocycles. The fourth-order valence-corrected chi connectivity index (χ4v) is 5.30. The number of allylic oxidation sites excluding steroid dienone is 1. The zero-order valence-corrected chi connectivity index (χ0v) is 20.0. The second-order valence-corrected chi connectivity index (χ2v) is 9.87. The summed E-state index contributed by atoms with van der Waals surface area (Å²) in [5, 5.41) is 10.5. The first-order chi connectivity index (χ1) is 15.9. The molecule has 0 aromatic carbocycles. The van der Waals surface area contributed by atoms with Crippen LogP contribution in [0.3, 0.4) is 0 Å². The van der Waals surface area contributed by atoms with Gasteiger partial charge in [-0.2, -0.15) is 5.10 Å². The maximum Gasteiger partial charge on any atom is 0.273 e. The van der Waals surface area contributed by atoms with E-state index in [1.165, 1.54) is 18.4 Å². The fourth-order valence-electron chi connectivity index (χ4n) is 5.30. The predicted octanol–water partition coefficient (Wildman–Crippen LogP) is 3.19. The van der Waals surface area contributed by atoms with E-state index in [9.17, 15) is 14.4 Å². The standard InChI is InChI=1S/C25H37N5O3/c1-3-15-29-23(32)21-16-20(22(31)26-14-13-18-9-5-4-6-10-18)28-30(21)17-25(29,2)24(33)27-19-11-7-8-12-19/h9,16,19H,3-8,10-15,17H2,1-2H3,(H,26,31)(H,27,33)/t25-/m1/s1. The highest BCUT2D eigenvalue weighted by molar-refractivity contribution is 6.01. The van der Waals surface area contributed by atoms with Crippen molar-refractivity contribution in [2.24, 2.45) is 0 Å². The highest BCUT2D eigenvalue weighted by atomic mass is 16.2. The molecule has 0 radical (unpaired) electrons. The van der Waals surface area contributed by atoms with Crippen molar-refractivity contribution in [3.63, 3.8) is 0 Å². The molecule has 8 heteroatoms. The summed E-state index contributed by atoms with van der Waals surface area (Å²) in [6.45, 7) is 5.09. The van der Waals surface area contributed by atoms with Crippen molar-refractivity contribution in [2.75, 3.05) is 13.1 Å². The number of hydrogen-bond acceptors (Lipinski definition) is 4. The van der Waals surface area contributed by atoms with Crippen LogP contribution >= 0.6 is 0 Å².